The summed E-state index contributed by atoms with van der Waals surface area (Å²) in [5.41, 5.74) is 2.40. The van der Waals surface area contributed by atoms with Crippen LogP contribution < -0.4 is 5.32 Å². The van der Waals surface area contributed by atoms with Gasteiger partial charge in [-0.2, -0.15) is 0 Å². The van der Waals surface area contributed by atoms with Crippen LogP contribution in [0.2, 0.25) is 0 Å². The summed E-state index contributed by atoms with van der Waals surface area (Å²) in [6.45, 7) is 3.84. The summed E-state index contributed by atoms with van der Waals surface area (Å²) >= 11 is 0. The van der Waals surface area contributed by atoms with Crippen LogP contribution >= 0.6 is 0 Å². The Morgan fingerprint density at radius 1 is 1.26 bits per heavy atom. The van der Waals surface area contributed by atoms with Crippen molar-refractivity contribution in [2.45, 2.75) is 26.2 Å². The van der Waals surface area contributed by atoms with E-state index in [1.165, 1.54) is 6.07 Å². The highest BCUT2D eigenvalue weighted by atomic mass is 19.1. The highest BCUT2D eigenvalue weighted by Gasteiger charge is 2.12. The van der Waals surface area contributed by atoms with E-state index in [2.05, 4.69) is 10.3 Å². The van der Waals surface area contributed by atoms with E-state index < -0.39 is 0 Å². The lowest BCUT2D eigenvalue weighted by Gasteiger charge is -2.09. The number of hydrogen-bond donors (Lipinski definition) is 1. The number of nitrogens with zero attached hydrogens (tertiary/aromatic N) is 1. The molecule has 1 amide bonds. The van der Waals surface area contributed by atoms with Crippen molar-refractivity contribution in [3.63, 3.8) is 0 Å². The molecular weight excluding hydrogens is 295 g/mol. The second-order valence-electron chi connectivity index (χ2n) is 5.69. The highest BCUT2D eigenvalue weighted by Crippen LogP contribution is 2.22. The van der Waals surface area contributed by atoms with Crippen molar-refractivity contribution in [3.05, 3.63) is 59.7 Å². The van der Waals surface area contributed by atoms with Gasteiger partial charge in [0, 0.05) is 5.69 Å². The van der Waals surface area contributed by atoms with Gasteiger partial charge in [0.05, 0.1) is 0 Å². The largest absolute Gasteiger partial charge is 0.440 e. The average Bonchev–Trinajstić information content (AvgIpc) is 2.88. The van der Waals surface area contributed by atoms with Crippen molar-refractivity contribution in [1.29, 1.82) is 0 Å². The zero-order chi connectivity index (χ0) is 16.4. The van der Waals surface area contributed by atoms with Crippen LogP contribution in [0.15, 0.2) is 46.9 Å². The first-order valence-corrected chi connectivity index (χ1v) is 7.46. The maximum absolute atomic E-state index is 13.9. The predicted octanol–water partition coefficient (Wildman–Crippen LogP) is 4.27. The van der Waals surface area contributed by atoms with Crippen LogP contribution in [0.25, 0.3) is 11.1 Å². The van der Waals surface area contributed by atoms with Gasteiger partial charge in [0.1, 0.15) is 17.8 Å². The molecule has 1 aromatic heterocycles. The third-order valence-electron chi connectivity index (χ3n) is 3.56. The Labute approximate surface area is 133 Å². The minimum absolute atomic E-state index is 0.00221. The van der Waals surface area contributed by atoms with Crippen molar-refractivity contribution in [2.24, 2.45) is 0 Å². The van der Waals surface area contributed by atoms with Crippen LogP contribution in [0.5, 0.6) is 0 Å². The lowest BCUT2D eigenvalue weighted by atomic mass is 10.0. The van der Waals surface area contributed by atoms with Gasteiger partial charge in [-0.25, -0.2) is 9.37 Å². The first kappa shape index (κ1) is 15.2. The maximum atomic E-state index is 13.9. The molecular formula is C18H17FN2O2. The molecule has 0 fully saturated rings. The number of benzene rings is 2. The van der Waals surface area contributed by atoms with Gasteiger partial charge in [0.2, 0.25) is 11.8 Å². The Hall–Kier alpha value is -2.69. The number of oxazole rings is 1. The number of amides is 1. The molecule has 3 rings (SSSR count). The third-order valence-corrected chi connectivity index (χ3v) is 3.56. The minimum Gasteiger partial charge on any atom is -0.440 e. The SMILES string of the molecule is CC(C)c1ccc(NC(=O)Cc2nc3ccccc3o2)cc1F. The molecule has 0 saturated carbocycles. The molecule has 1 heterocycles. The van der Waals surface area contributed by atoms with E-state index >= 15 is 0 Å². The molecule has 0 unspecified atom stereocenters. The summed E-state index contributed by atoms with van der Waals surface area (Å²) in [4.78, 5) is 16.3. The first-order chi connectivity index (χ1) is 11.0. The number of anilines is 1. The van der Waals surface area contributed by atoms with Crippen LogP contribution in [0, 0.1) is 5.82 Å². The summed E-state index contributed by atoms with van der Waals surface area (Å²) in [5.74, 6) is -0.185. The number of carbonyl (C=O) groups excluding carboxylic acids is 1. The third kappa shape index (κ3) is 3.39. The number of aromatic nitrogens is 1. The molecule has 0 atom stereocenters. The van der Waals surface area contributed by atoms with E-state index in [1.807, 2.05) is 32.0 Å². The van der Waals surface area contributed by atoms with Gasteiger partial charge in [-0.3, -0.25) is 4.79 Å². The maximum Gasteiger partial charge on any atom is 0.233 e. The van der Waals surface area contributed by atoms with Crippen LogP contribution in [0.1, 0.15) is 31.2 Å². The fourth-order valence-electron chi connectivity index (χ4n) is 2.41. The van der Waals surface area contributed by atoms with Crippen LogP contribution in [0.4, 0.5) is 10.1 Å². The molecule has 0 aliphatic carbocycles. The fourth-order valence-corrected chi connectivity index (χ4v) is 2.41. The number of fused-ring (bicyclic) bond motifs is 1. The molecule has 0 aliphatic rings. The van der Waals surface area contributed by atoms with Crippen LogP contribution in [-0.2, 0) is 11.2 Å². The van der Waals surface area contributed by atoms with Crippen molar-refractivity contribution < 1.29 is 13.6 Å². The second-order valence-corrected chi connectivity index (χ2v) is 5.69. The fraction of sp³-hybridized carbons (Fsp3) is 0.222. The molecule has 0 bridgehead atoms. The number of para-hydroxylation sites is 2. The zero-order valence-corrected chi connectivity index (χ0v) is 13.0. The lowest BCUT2D eigenvalue weighted by molar-refractivity contribution is -0.115. The molecule has 5 heteroatoms. The van der Waals surface area contributed by atoms with Crippen molar-refractivity contribution >= 4 is 22.7 Å². The average molecular weight is 312 g/mol. The summed E-state index contributed by atoms with van der Waals surface area (Å²) in [5, 5.41) is 2.66. The van der Waals surface area contributed by atoms with Crippen LogP contribution in [0.3, 0.4) is 0 Å². The Bertz CT molecular complexity index is 822. The number of carbonyl (C=O) groups is 1. The molecule has 2 aromatic carbocycles. The van der Waals surface area contributed by atoms with Gasteiger partial charge < -0.3 is 9.73 Å². The first-order valence-electron chi connectivity index (χ1n) is 7.46. The van der Waals surface area contributed by atoms with Crippen molar-refractivity contribution in [1.82, 2.24) is 4.98 Å². The topological polar surface area (TPSA) is 55.1 Å². The lowest BCUT2D eigenvalue weighted by Crippen LogP contribution is -2.14. The molecule has 3 aromatic rings. The Kier molecular flexibility index (Phi) is 4.10. The number of hydrogen-bond acceptors (Lipinski definition) is 3. The molecule has 0 aliphatic heterocycles. The normalized spacial score (nSPS) is 11.1. The van der Waals surface area contributed by atoms with Gasteiger partial charge in [0.15, 0.2) is 5.58 Å². The Morgan fingerprint density at radius 3 is 2.74 bits per heavy atom. The zero-order valence-electron chi connectivity index (χ0n) is 13.0. The molecule has 1 N–H and O–H groups in total. The van der Waals surface area contributed by atoms with E-state index in [-0.39, 0.29) is 24.1 Å². The minimum atomic E-state index is -0.320. The molecule has 0 saturated heterocycles. The van der Waals surface area contributed by atoms with E-state index in [0.29, 0.717) is 28.2 Å². The van der Waals surface area contributed by atoms with E-state index in [1.54, 1.807) is 18.2 Å². The summed E-state index contributed by atoms with van der Waals surface area (Å²) in [6.07, 6.45) is 0.00221. The molecule has 0 spiro atoms. The molecule has 118 valence electrons. The standard InChI is InChI=1S/C18H17FN2O2/c1-11(2)13-8-7-12(9-14(13)19)20-17(22)10-18-21-15-5-3-4-6-16(15)23-18/h3-9,11H,10H2,1-2H3,(H,20,22). The van der Waals surface area contributed by atoms with Gasteiger partial charge in [0.25, 0.3) is 0 Å². The molecule has 4 nitrogen and oxygen atoms in total. The quantitative estimate of drug-likeness (QED) is 0.782. The van der Waals surface area contributed by atoms with Crippen molar-refractivity contribution in [3.8, 4) is 0 Å². The molecule has 23 heavy (non-hydrogen) atoms. The Balaban J connectivity index is 1.70. The van der Waals surface area contributed by atoms with Gasteiger partial charge in [-0.15, -0.1) is 0 Å². The van der Waals surface area contributed by atoms with Gasteiger partial charge in [-0.05, 0) is 35.7 Å². The van der Waals surface area contributed by atoms with Crippen LogP contribution in [-0.4, -0.2) is 10.9 Å². The second kappa shape index (κ2) is 6.20. The number of rotatable bonds is 4. The van der Waals surface area contributed by atoms with E-state index in [0.717, 1.165) is 0 Å². The summed E-state index contributed by atoms with van der Waals surface area (Å²) < 4.78 is 19.4. The Morgan fingerprint density at radius 2 is 2.04 bits per heavy atom. The van der Waals surface area contributed by atoms with Crippen molar-refractivity contribution in [2.75, 3.05) is 5.32 Å². The van der Waals surface area contributed by atoms with Gasteiger partial charge >= 0.3 is 0 Å². The monoisotopic (exact) mass is 312 g/mol. The van der Waals surface area contributed by atoms with E-state index in [9.17, 15) is 9.18 Å². The summed E-state index contributed by atoms with van der Waals surface area (Å²) in [7, 11) is 0. The predicted molar refractivity (Wildman–Crippen MR) is 86.8 cm³/mol. The highest BCUT2D eigenvalue weighted by molar-refractivity contribution is 5.92. The molecule has 0 radical (unpaired) electrons. The van der Waals surface area contributed by atoms with Gasteiger partial charge in [-0.1, -0.05) is 32.0 Å². The van der Waals surface area contributed by atoms with E-state index in [4.69, 9.17) is 4.42 Å². The summed E-state index contributed by atoms with van der Waals surface area (Å²) in [6, 6.07) is 12.0. The number of nitrogens with one attached hydrogen (secondary N) is 1. The smallest absolute Gasteiger partial charge is 0.233 e. The number of halogens is 1.